The Morgan fingerprint density at radius 2 is 2.13 bits per heavy atom. The Kier molecular flexibility index (Phi) is 3.46. The summed E-state index contributed by atoms with van der Waals surface area (Å²) in [7, 11) is 0. The lowest BCUT2D eigenvalue weighted by Crippen LogP contribution is -2.30. The van der Waals surface area contributed by atoms with Gasteiger partial charge in [-0.3, -0.25) is 0 Å². The summed E-state index contributed by atoms with van der Waals surface area (Å²) in [5.41, 5.74) is -0.0616. The minimum Gasteiger partial charge on any atom is -0.477 e. The first kappa shape index (κ1) is 12.1. The molecule has 0 saturated carbocycles. The van der Waals surface area contributed by atoms with Crippen LogP contribution in [0.25, 0.3) is 0 Å². The van der Waals surface area contributed by atoms with Crippen molar-refractivity contribution in [3.8, 4) is 0 Å². The molecule has 0 bridgehead atoms. The molecule has 3 nitrogen and oxygen atoms in total. The molecule has 0 atom stereocenters. The molecule has 7 heteroatoms. The summed E-state index contributed by atoms with van der Waals surface area (Å²) in [6.07, 6.45) is 0.0207. The third kappa shape index (κ3) is 3.00. The summed E-state index contributed by atoms with van der Waals surface area (Å²) in [6, 6.07) is 1.18. The SMILES string of the molecule is O=C(O)C(F)(F)Cc1cnc(Cl)cc1Cl. The second-order valence-corrected chi connectivity index (χ2v) is 3.58. The first-order chi connectivity index (χ1) is 6.83. The van der Waals surface area contributed by atoms with Crippen LogP contribution in [0.15, 0.2) is 12.3 Å². The van der Waals surface area contributed by atoms with Crippen LogP contribution < -0.4 is 0 Å². The predicted molar refractivity (Wildman–Crippen MR) is 50.5 cm³/mol. The van der Waals surface area contributed by atoms with Gasteiger partial charge in [0.2, 0.25) is 0 Å². The summed E-state index contributed by atoms with van der Waals surface area (Å²) < 4.78 is 25.6. The summed E-state index contributed by atoms with van der Waals surface area (Å²) in [6.45, 7) is 0. The smallest absolute Gasteiger partial charge is 0.374 e. The van der Waals surface area contributed by atoms with E-state index in [0.29, 0.717) is 0 Å². The highest BCUT2D eigenvalue weighted by Gasteiger charge is 2.39. The van der Waals surface area contributed by atoms with Gasteiger partial charge in [-0.25, -0.2) is 9.78 Å². The van der Waals surface area contributed by atoms with E-state index in [1.807, 2.05) is 0 Å². The van der Waals surface area contributed by atoms with E-state index in [9.17, 15) is 13.6 Å². The number of aliphatic carboxylic acids is 1. The van der Waals surface area contributed by atoms with Crippen LogP contribution in [0.5, 0.6) is 0 Å². The zero-order valence-corrected chi connectivity index (χ0v) is 8.69. The van der Waals surface area contributed by atoms with Crippen LogP contribution in [0.1, 0.15) is 5.56 Å². The van der Waals surface area contributed by atoms with Gasteiger partial charge in [0, 0.05) is 11.2 Å². The molecule has 1 N–H and O–H groups in total. The second-order valence-electron chi connectivity index (χ2n) is 2.78. The van der Waals surface area contributed by atoms with Gasteiger partial charge in [-0.1, -0.05) is 23.2 Å². The van der Waals surface area contributed by atoms with E-state index in [-0.39, 0.29) is 15.7 Å². The van der Waals surface area contributed by atoms with Gasteiger partial charge >= 0.3 is 11.9 Å². The number of alkyl halides is 2. The highest BCUT2D eigenvalue weighted by Crippen LogP contribution is 2.26. The number of nitrogens with zero attached hydrogens (tertiary/aromatic N) is 1. The van der Waals surface area contributed by atoms with Gasteiger partial charge in [0.25, 0.3) is 0 Å². The molecule has 1 aromatic rings. The number of carboxylic acids is 1. The Bertz CT molecular complexity index is 398. The van der Waals surface area contributed by atoms with Crippen molar-refractivity contribution in [1.82, 2.24) is 4.98 Å². The number of hydrogen-bond donors (Lipinski definition) is 1. The van der Waals surface area contributed by atoms with Crippen LogP contribution in [0.4, 0.5) is 8.78 Å². The zero-order valence-electron chi connectivity index (χ0n) is 7.18. The Labute approximate surface area is 93.6 Å². The summed E-state index contributed by atoms with van der Waals surface area (Å²) >= 11 is 11.0. The molecule has 1 aromatic heterocycles. The fourth-order valence-corrected chi connectivity index (χ4v) is 1.31. The summed E-state index contributed by atoms with van der Waals surface area (Å²) in [5.74, 6) is -6.06. The fourth-order valence-electron chi connectivity index (χ4n) is 0.881. The third-order valence-corrected chi connectivity index (χ3v) is 2.18. The number of hydrogen-bond acceptors (Lipinski definition) is 2. The molecule has 0 unspecified atom stereocenters. The largest absolute Gasteiger partial charge is 0.477 e. The van der Waals surface area contributed by atoms with Gasteiger partial charge in [-0.05, 0) is 11.6 Å². The molecular formula is C8H5Cl2F2NO2. The molecule has 0 aliphatic heterocycles. The van der Waals surface area contributed by atoms with Crippen molar-refractivity contribution in [3.63, 3.8) is 0 Å². The lowest BCUT2D eigenvalue weighted by atomic mass is 10.1. The molecule has 0 fully saturated rings. The lowest BCUT2D eigenvalue weighted by Gasteiger charge is -2.11. The predicted octanol–water partition coefficient (Wildman–Crippen LogP) is 2.65. The Balaban J connectivity index is 2.95. The number of pyridine rings is 1. The molecule has 0 radical (unpaired) electrons. The average molecular weight is 256 g/mol. The van der Waals surface area contributed by atoms with E-state index in [4.69, 9.17) is 28.3 Å². The van der Waals surface area contributed by atoms with Crippen molar-refractivity contribution in [2.24, 2.45) is 0 Å². The van der Waals surface area contributed by atoms with E-state index in [0.717, 1.165) is 6.20 Å². The molecule has 1 rings (SSSR count). The van der Waals surface area contributed by atoms with Crippen LogP contribution in [-0.4, -0.2) is 22.0 Å². The van der Waals surface area contributed by atoms with Crippen LogP contribution in [0.2, 0.25) is 10.2 Å². The maximum absolute atomic E-state index is 12.8. The van der Waals surface area contributed by atoms with E-state index in [1.165, 1.54) is 6.07 Å². The van der Waals surface area contributed by atoms with Gasteiger partial charge in [-0.15, -0.1) is 0 Å². The zero-order chi connectivity index (χ0) is 11.6. The van der Waals surface area contributed by atoms with Crippen molar-refractivity contribution in [1.29, 1.82) is 0 Å². The van der Waals surface area contributed by atoms with Crippen molar-refractivity contribution in [2.75, 3.05) is 0 Å². The average Bonchev–Trinajstić information content (AvgIpc) is 2.09. The number of carbonyl (C=O) groups is 1. The summed E-state index contributed by atoms with van der Waals surface area (Å²) in [4.78, 5) is 13.7. The molecule has 0 spiro atoms. The van der Waals surface area contributed by atoms with Crippen LogP contribution in [0.3, 0.4) is 0 Å². The Morgan fingerprint density at radius 1 is 1.53 bits per heavy atom. The van der Waals surface area contributed by atoms with Gasteiger partial charge in [0.15, 0.2) is 0 Å². The number of halogens is 4. The molecule has 1 heterocycles. The van der Waals surface area contributed by atoms with E-state index < -0.39 is 18.3 Å². The van der Waals surface area contributed by atoms with Gasteiger partial charge < -0.3 is 5.11 Å². The second kappa shape index (κ2) is 4.28. The highest BCUT2D eigenvalue weighted by atomic mass is 35.5. The van der Waals surface area contributed by atoms with Crippen molar-refractivity contribution < 1.29 is 18.7 Å². The fraction of sp³-hybridized carbons (Fsp3) is 0.250. The van der Waals surface area contributed by atoms with E-state index in [1.54, 1.807) is 0 Å². The monoisotopic (exact) mass is 255 g/mol. The minimum absolute atomic E-state index is 0.0316. The topological polar surface area (TPSA) is 50.2 Å². The first-order valence-electron chi connectivity index (χ1n) is 3.74. The van der Waals surface area contributed by atoms with Gasteiger partial charge in [-0.2, -0.15) is 8.78 Å². The number of aromatic nitrogens is 1. The van der Waals surface area contributed by atoms with Crippen LogP contribution >= 0.6 is 23.2 Å². The lowest BCUT2D eigenvalue weighted by molar-refractivity contribution is -0.164. The van der Waals surface area contributed by atoms with Crippen LogP contribution in [0, 0.1) is 0 Å². The maximum atomic E-state index is 12.8. The summed E-state index contributed by atoms with van der Waals surface area (Å²) in [5, 5.41) is 8.23. The maximum Gasteiger partial charge on any atom is 0.374 e. The van der Waals surface area contributed by atoms with Gasteiger partial charge in [0.1, 0.15) is 5.15 Å². The Hall–Kier alpha value is -0.940. The van der Waals surface area contributed by atoms with Crippen molar-refractivity contribution in [2.45, 2.75) is 12.3 Å². The molecule has 0 saturated heterocycles. The molecule has 0 amide bonds. The van der Waals surface area contributed by atoms with Crippen molar-refractivity contribution >= 4 is 29.2 Å². The molecule has 0 aliphatic rings. The molecular weight excluding hydrogens is 251 g/mol. The number of carboxylic acid groups (broad SMARTS) is 1. The molecule has 0 aromatic carbocycles. The molecule has 0 aliphatic carbocycles. The highest BCUT2D eigenvalue weighted by molar-refractivity contribution is 6.34. The van der Waals surface area contributed by atoms with Crippen LogP contribution in [-0.2, 0) is 11.2 Å². The normalized spacial score (nSPS) is 11.5. The third-order valence-electron chi connectivity index (χ3n) is 1.62. The van der Waals surface area contributed by atoms with E-state index >= 15 is 0 Å². The van der Waals surface area contributed by atoms with Crippen molar-refractivity contribution in [3.05, 3.63) is 28.0 Å². The first-order valence-corrected chi connectivity index (χ1v) is 4.49. The number of rotatable bonds is 3. The van der Waals surface area contributed by atoms with Gasteiger partial charge in [0.05, 0.1) is 6.42 Å². The Morgan fingerprint density at radius 3 is 2.60 bits per heavy atom. The molecule has 82 valence electrons. The standard InChI is InChI=1S/C8H5Cl2F2NO2/c9-5-1-6(10)13-3-4(5)2-8(11,12)7(14)15/h1,3H,2H2,(H,14,15). The minimum atomic E-state index is -3.86. The van der Waals surface area contributed by atoms with E-state index in [2.05, 4.69) is 4.98 Å². The molecule has 15 heavy (non-hydrogen) atoms. The quantitative estimate of drug-likeness (QED) is 0.845.